The number of nitrogens with zero attached hydrogens (tertiary/aromatic N) is 5. The van der Waals surface area contributed by atoms with Gasteiger partial charge in [-0.15, -0.1) is 0 Å². The number of anilines is 1. The molecule has 1 aliphatic heterocycles. The molecule has 2 aromatic rings. The topological polar surface area (TPSA) is 54.4 Å². The lowest BCUT2D eigenvalue weighted by Gasteiger charge is -2.37. The number of likely N-dealkylation sites (tertiary alicyclic amines) is 1. The average molecular weight is 381 g/mol. The van der Waals surface area contributed by atoms with E-state index < -0.39 is 11.9 Å². The molecule has 6 nitrogen and oxygen atoms in total. The van der Waals surface area contributed by atoms with Crippen LogP contribution in [0.2, 0.25) is 0 Å². The van der Waals surface area contributed by atoms with Crippen LogP contribution in [0.1, 0.15) is 24.1 Å². The molecular formula is C18H22F3N5O. The summed E-state index contributed by atoms with van der Waals surface area (Å²) < 4.78 is 43.1. The molecule has 1 atom stereocenters. The zero-order valence-electron chi connectivity index (χ0n) is 15.3. The molecule has 1 unspecified atom stereocenters. The molecule has 0 spiro atoms. The van der Waals surface area contributed by atoms with E-state index in [1.807, 2.05) is 11.9 Å². The van der Waals surface area contributed by atoms with Crippen LogP contribution < -0.4 is 9.64 Å². The Bertz CT molecular complexity index is 753. The molecule has 3 rings (SSSR count). The van der Waals surface area contributed by atoms with Crippen molar-refractivity contribution in [2.45, 2.75) is 31.6 Å². The van der Waals surface area contributed by atoms with E-state index >= 15 is 0 Å². The van der Waals surface area contributed by atoms with Gasteiger partial charge in [-0.05, 0) is 31.0 Å². The van der Waals surface area contributed by atoms with Crippen molar-refractivity contribution in [3.8, 4) is 5.88 Å². The van der Waals surface area contributed by atoms with Crippen molar-refractivity contribution in [1.82, 2.24) is 19.9 Å². The van der Waals surface area contributed by atoms with Gasteiger partial charge in [-0.25, -0.2) is 4.98 Å². The summed E-state index contributed by atoms with van der Waals surface area (Å²) >= 11 is 0. The summed E-state index contributed by atoms with van der Waals surface area (Å²) in [6.45, 7) is 2.23. The Balaban J connectivity index is 1.63. The number of hydrogen-bond donors (Lipinski definition) is 0. The minimum atomic E-state index is -4.41. The van der Waals surface area contributed by atoms with Gasteiger partial charge in [-0.1, -0.05) is 6.07 Å². The lowest BCUT2D eigenvalue weighted by atomic mass is 10.0. The monoisotopic (exact) mass is 381 g/mol. The van der Waals surface area contributed by atoms with E-state index in [1.54, 1.807) is 19.4 Å². The second kappa shape index (κ2) is 8.08. The molecule has 0 bridgehead atoms. The Morgan fingerprint density at radius 3 is 2.74 bits per heavy atom. The molecule has 3 heterocycles. The molecule has 27 heavy (non-hydrogen) atoms. The van der Waals surface area contributed by atoms with Crippen LogP contribution in [-0.2, 0) is 12.7 Å². The summed E-state index contributed by atoms with van der Waals surface area (Å²) in [6.07, 6.45) is 0.549. The molecule has 1 fully saturated rings. The van der Waals surface area contributed by atoms with Crippen LogP contribution in [0.3, 0.4) is 0 Å². The fraction of sp³-hybridized carbons (Fsp3) is 0.500. The summed E-state index contributed by atoms with van der Waals surface area (Å²) in [4.78, 5) is 16.5. The van der Waals surface area contributed by atoms with Gasteiger partial charge in [0, 0.05) is 44.6 Å². The first-order chi connectivity index (χ1) is 12.9. The van der Waals surface area contributed by atoms with E-state index in [2.05, 4.69) is 19.9 Å². The molecule has 146 valence electrons. The Morgan fingerprint density at radius 1 is 1.26 bits per heavy atom. The van der Waals surface area contributed by atoms with E-state index in [0.717, 1.165) is 37.6 Å². The molecule has 0 amide bonds. The van der Waals surface area contributed by atoms with Gasteiger partial charge in [0.05, 0.1) is 7.11 Å². The third-order valence-corrected chi connectivity index (χ3v) is 4.69. The van der Waals surface area contributed by atoms with Crippen molar-refractivity contribution in [1.29, 1.82) is 0 Å². The predicted octanol–water partition coefficient (Wildman–Crippen LogP) is 3.00. The second-order valence-electron chi connectivity index (χ2n) is 6.59. The number of methoxy groups -OCH3 is 1. The van der Waals surface area contributed by atoms with Gasteiger partial charge in [-0.3, -0.25) is 9.88 Å². The van der Waals surface area contributed by atoms with Crippen LogP contribution in [0.4, 0.5) is 19.1 Å². The molecular weight excluding hydrogens is 359 g/mol. The summed E-state index contributed by atoms with van der Waals surface area (Å²) in [5.41, 5.74) is -0.0957. The number of hydrogen-bond acceptors (Lipinski definition) is 6. The maximum Gasteiger partial charge on any atom is 0.433 e. The molecule has 1 aliphatic rings. The molecule has 0 saturated carbocycles. The number of pyridine rings is 1. The molecule has 0 aromatic carbocycles. The maximum atomic E-state index is 12.6. The summed E-state index contributed by atoms with van der Waals surface area (Å²) in [5, 5.41) is 0. The van der Waals surface area contributed by atoms with Crippen LogP contribution in [0.15, 0.2) is 30.6 Å². The highest BCUT2D eigenvalue weighted by Crippen LogP contribution is 2.27. The Labute approximate surface area is 156 Å². The first-order valence-electron chi connectivity index (χ1n) is 8.71. The lowest BCUT2D eigenvalue weighted by Crippen LogP contribution is -2.46. The van der Waals surface area contributed by atoms with Gasteiger partial charge in [0.2, 0.25) is 11.8 Å². The van der Waals surface area contributed by atoms with Crippen molar-refractivity contribution < 1.29 is 17.9 Å². The van der Waals surface area contributed by atoms with Crippen LogP contribution >= 0.6 is 0 Å². The Kier molecular flexibility index (Phi) is 5.79. The van der Waals surface area contributed by atoms with Crippen molar-refractivity contribution in [2.24, 2.45) is 0 Å². The SMILES string of the molecule is COc1ccnc(N(C)C2CCCN(Cc3ccc(C(F)(F)F)nc3)C2)n1. The van der Waals surface area contributed by atoms with Crippen LogP contribution in [0.25, 0.3) is 0 Å². The highest BCUT2D eigenvalue weighted by molar-refractivity contribution is 5.32. The Morgan fingerprint density at radius 2 is 2.07 bits per heavy atom. The number of rotatable bonds is 5. The summed E-state index contributed by atoms with van der Waals surface area (Å²) in [7, 11) is 3.51. The minimum absolute atomic E-state index is 0.216. The van der Waals surface area contributed by atoms with E-state index in [9.17, 15) is 13.2 Å². The standard InChI is InChI=1S/C18H22F3N5O/c1-25(17-22-8-7-16(24-17)27-2)14-4-3-9-26(12-14)11-13-5-6-15(23-10-13)18(19,20)21/h5-8,10,14H,3-4,9,11-12H2,1-2H3. The molecule has 9 heteroatoms. The fourth-order valence-corrected chi connectivity index (χ4v) is 3.21. The first kappa shape index (κ1) is 19.3. The first-order valence-corrected chi connectivity index (χ1v) is 8.71. The quantitative estimate of drug-likeness (QED) is 0.794. The molecule has 0 aliphatic carbocycles. The molecule has 1 saturated heterocycles. The van der Waals surface area contributed by atoms with Crippen molar-refractivity contribution in [2.75, 3.05) is 32.1 Å². The smallest absolute Gasteiger partial charge is 0.433 e. The van der Waals surface area contributed by atoms with E-state index in [0.29, 0.717) is 18.4 Å². The molecule has 0 radical (unpaired) electrons. The average Bonchev–Trinajstić information content (AvgIpc) is 2.67. The number of likely N-dealkylation sites (N-methyl/N-ethyl adjacent to an activating group) is 1. The minimum Gasteiger partial charge on any atom is -0.481 e. The van der Waals surface area contributed by atoms with Gasteiger partial charge in [-0.2, -0.15) is 18.2 Å². The van der Waals surface area contributed by atoms with Gasteiger partial charge in [0.15, 0.2) is 0 Å². The number of halogens is 3. The Hall–Kier alpha value is -2.42. The maximum absolute atomic E-state index is 12.6. The second-order valence-corrected chi connectivity index (χ2v) is 6.59. The van der Waals surface area contributed by atoms with E-state index in [4.69, 9.17) is 4.74 Å². The van der Waals surface area contributed by atoms with Gasteiger partial charge >= 0.3 is 6.18 Å². The highest BCUT2D eigenvalue weighted by atomic mass is 19.4. The number of alkyl halides is 3. The zero-order valence-corrected chi connectivity index (χ0v) is 15.3. The van der Waals surface area contributed by atoms with E-state index in [1.165, 1.54) is 12.3 Å². The van der Waals surface area contributed by atoms with Gasteiger partial charge < -0.3 is 9.64 Å². The van der Waals surface area contributed by atoms with Gasteiger partial charge in [0.1, 0.15) is 5.69 Å². The summed E-state index contributed by atoms with van der Waals surface area (Å²) in [6, 6.07) is 4.44. The molecule has 2 aromatic heterocycles. The largest absolute Gasteiger partial charge is 0.481 e. The predicted molar refractivity (Wildman–Crippen MR) is 94.5 cm³/mol. The zero-order chi connectivity index (χ0) is 19.4. The number of aromatic nitrogens is 3. The van der Waals surface area contributed by atoms with Crippen LogP contribution in [-0.4, -0.2) is 53.1 Å². The number of ether oxygens (including phenoxy) is 1. The van der Waals surface area contributed by atoms with Crippen molar-refractivity contribution in [3.05, 3.63) is 41.9 Å². The third kappa shape index (κ3) is 4.85. The van der Waals surface area contributed by atoms with Crippen molar-refractivity contribution >= 4 is 5.95 Å². The normalized spacial score (nSPS) is 18.3. The van der Waals surface area contributed by atoms with Crippen LogP contribution in [0, 0.1) is 0 Å². The number of piperidine rings is 1. The fourth-order valence-electron chi connectivity index (χ4n) is 3.21. The summed E-state index contributed by atoms with van der Waals surface area (Å²) in [5.74, 6) is 1.10. The van der Waals surface area contributed by atoms with E-state index in [-0.39, 0.29) is 6.04 Å². The highest BCUT2D eigenvalue weighted by Gasteiger charge is 2.32. The van der Waals surface area contributed by atoms with Gasteiger partial charge in [0.25, 0.3) is 0 Å². The third-order valence-electron chi connectivity index (χ3n) is 4.69. The van der Waals surface area contributed by atoms with Crippen LogP contribution in [0.5, 0.6) is 5.88 Å². The lowest BCUT2D eigenvalue weighted by molar-refractivity contribution is -0.141. The van der Waals surface area contributed by atoms with Crippen molar-refractivity contribution in [3.63, 3.8) is 0 Å². The molecule has 0 N–H and O–H groups in total.